The van der Waals surface area contributed by atoms with E-state index in [-0.39, 0.29) is 6.10 Å². The smallest absolute Gasteiger partial charge is 0.0950 e. The van der Waals surface area contributed by atoms with E-state index in [9.17, 15) is 0 Å². The van der Waals surface area contributed by atoms with Gasteiger partial charge in [-0.15, -0.1) is 0 Å². The Morgan fingerprint density at radius 2 is 1.86 bits per heavy atom. The Labute approximate surface area is 137 Å². The van der Waals surface area contributed by atoms with Crippen molar-refractivity contribution in [2.75, 3.05) is 32.9 Å². The van der Waals surface area contributed by atoms with Crippen LogP contribution in [0.2, 0.25) is 0 Å². The lowest BCUT2D eigenvalue weighted by Gasteiger charge is -2.19. The summed E-state index contributed by atoms with van der Waals surface area (Å²) in [7, 11) is 0. The van der Waals surface area contributed by atoms with E-state index in [1.54, 1.807) is 0 Å². The summed E-state index contributed by atoms with van der Waals surface area (Å²) in [6.45, 7) is 10.4. The Morgan fingerprint density at radius 1 is 1.14 bits per heavy atom. The predicted octanol–water partition coefficient (Wildman–Crippen LogP) is 4.18. The third kappa shape index (κ3) is 8.57. The fraction of sp³-hybridized carbons (Fsp3) is 0.647. The molecule has 0 aromatic heterocycles. The summed E-state index contributed by atoms with van der Waals surface area (Å²) < 4.78 is 12.7. The Balaban J connectivity index is 2.42. The summed E-state index contributed by atoms with van der Waals surface area (Å²) in [5, 5.41) is 3.43. The summed E-state index contributed by atoms with van der Waals surface area (Å²) in [6, 6.07) is 8.33. The molecule has 0 bridgehead atoms. The molecule has 1 aromatic carbocycles. The van der Waals surface area contributed by atoms with Crippen molar-refractivity contribution in [3.63, 3.8) is 0 Å². The maximum Gasteiger partial charge on any atom is 0.0950 e. The van der Waals surface area contributed by atoms with E-state index < -0.39 is 0 Å². The van der Waals surface area contributed by atoms with Gasteiger partial charge >= 0.3 is 0 Å². The van der Waals surface area contributed by atoms with Crippen LogP contribution in [0.15, 0.2) is 28.7 Å². The number of hydrogen-bond donors (Lipinski definition) is 1. The molecule has 0 aliphatic rings. The third-order valence-electron chi connectivity index (χ3n) is 3.00. The molecule has 0 saturated heterocycles. The number of ether oxygens (including phenoxy) is 2. The quantitative estimate of drug-likeness (QED) is 0.602. The van der Waals surface area contributed by atoms with E-state index in [2.05, 4.69) is 66.3 Å². The highest BCUT2D eigenvalue weighted by Crippen LogP contribution is 2.19. The zero-order chi connectivity index (χ0) is 15.5. The van der Waals surface area contributed by atoms with Gasteiger partial charge in [0.15, 0.2) is 0 Å². The fourth-order valence-corrected chi connectivity index (χ4v) is 2.19. The van der Waals surface area contributed by atoms with E-state index in [0.29, 0.717) is 19.1 Å². The molecule has 0 heterocycles. The van der Waals surface area contributed by atoms with Crippen LogP contribution in [0.4, 0.5) is 0 Å². The van der Waals surface area contributed by atoms with Gasteiger partial charge in [-0.2, -0.15) is 0 Å². The Morgan fingerprint density at radius 3 is 2.48 bits per heavy atom. The molecule has 0 radical (unpaired) electrons. The maximum absolute atomic E-state index is 5.99. The number of halogens is 1. The molecule has 0 spiro atoms. The summed E-state index contributed by atoms with van der Waals surface area (Å²) in [5.74, 6) is 0.568. The van der Waals surface area contributed by atoms with Gasteiger partial charge in [0.1, 0.15) is 0 Å². The third-order valence-corrected chi connectivity index (χ3v) is 3.52. The van der Waals surface area contributed by atoms with Gasteiger partial charge in [0.25, 0.3) is 0 Å². The molecule has 4 heteroatoms. The molecule has 3 nitrogen and oxygen atoms in total. The Kier molecular flexibility index (Phi) is 9.92. The van der Waals surface area contributed by atoms with Crippen LogP contribution in [-0.2, 0) is 9.47 Å². The second kappa shape index (κ2) is 11.2. The van der Waals surface area contributed by atoms with Crippen molar-refractivity contribution in [3.05, 3.63) is 34.3 Å². The van der Waals surface area contributed by atoms with Crippen molar-refractivity contribution in [2.45, 2.75) is 33.3 Å². The SMILES string of the molecule is CCCNCC(OCCOCC(C)C)c1ccc(Br)cc1. The number of nitrogens with one attached hydrogen (secondary N) is 1. The summed E-state index contributed by atoms with van der Waals surface area (Å²) in [6.07, 6.45) is 1.21. The monoisotopic (exact) mass is 357 g/mol. The molecule has 21 heavy (non-hydrogen) atoms. The first-order valence-corrected chi connectivity index (χ1v) is 8.58. The molecule has 1 aromatic rings. The summed E-state index contributed by atoms with van der Waals surface area (Å²) in [5.41, 5.74) is 1.20. The van der Waals surface area contributed by atoms with Crippen LogP contribution in [-0.4, -0.2) is 32.9 Å². The summed E-state index contributed by atoms with van der Waals surface area (Å²) >= 11 is 3.47. The van der Waals surface area contributed by atoms with E-state index in [1.807, 2.05) is 0 Å². The Hall–Kier alpha value is -0.420. The molecule has 1 N–H and O–H groups in total. The first-order valence-electron chi connectivity index (χ1n) is 7.79. The van der Waals surface area contributed by atoms with E-state index in [0.717, 1.165) is 30.6 Å². The first kappa shape index (κ1) is 18.6. The average Bonchev–Trinajstić information content (AvgIpc) is 2.46. The van der Waals surface area contributed by atoms with E-state index >= 15 is 0 Å². The van der Waals surface area contributed by atoms with Gasteiger partial charge in [0, 0.05) is 17.6 Å². The van der Waals surface area contributed by atoms with Gasteiger partial charge in [-0.3, -0.25) is 0 Å². The highest BCUT2D eigenvalue weighted by atomic mass is 79.9. The number of rotatable bonds is 11. The minimum atomic E-state index is 0.0762. The van der Waals surface area contributed by atoms with Crippen molar-refractivity contribution in [1.29, 1.82) is 0 Å². The lowest BCUT2D eigenvalue weighted by Crippen LogP contribution is -2.25. The highest BCUT2D eigenvalue weighted by molar-refractivity contribution is 9.10. The highest BCUT2D eigenvalue weighted by Gasteiger charge is 2.11. The van der Waals surface area contributed by atoms with Crippen molar-refractivity contribution >= 4 is 15.9 Å². The van der Waals surface area contributed by atoms with Gasteiger partial charge < -0.3 is 14.8 Å². The fourth-order valence-electron chi connectivity index (χ4n) is 1.93. The zero-order valence-corrected chi connectivity index (χ0v) is 15.0. The van der Waals surface area contributed by atoms with Gasteiger partial charge in [-0.05, 0) is 36.6 Å². The molecule has 1 atom stereocenters. The lowest BCUT2D eigenvalue weighted by atomic mass is 10.1. The van der Waals surface area contributed by atoms with Gasteiger partial charge in [-0.25, -0.2) is 0 Å². The molecule has 0 aliphatic carbocycles. The second-order valence-corrected chi connectivity index (χ2v) is 6.50. The van der Waals surface area contributed by atoms with Crippen LogP contribution < -0.4 is 5.32 Å². The molecular weight excluding hydrogens is 330 g/mol. The molecular formula is C17H28BrNO2. The molecule has 0 saturated carbocycles. The topological polar surface area (TPSA) is 30.5 Å². The maximum atomic E-state index is 5.99. The first-order chi connectivity index (χ1) is 10.1. The minimum absolute atomic E-state index is 0.0762. The second-order valence-electron chi connectivity index (χ2n) is 5.58. The van der Waals surface area contributed by atoms with Crippen molar-refractivity contribution < 1.29 is 9.47 Å². The average molecular weight is 358 g/mol. The van der Waals surface area contributed by atoms with Crippen LogP contribution in [0.25, 0.3) is 0 Å². The van der Waals surface area contributed by atoms with Crippen LogP contribution in [0, 0.1) is 5.92 Å². The van der Waals surface area contributed by atoms with Crippen LogP contribution in [0.5, 0.6) is 0 Å². The summed E-state index contributed by atoms with van der Waals surface area (Å²) in [4.78, 5) is 0. The van der Waals surface area contributed by atoms with Crippen molar-refractivity contribution in [3.8, 4) is 0 Å². The van der Waals surface area contributed by atoms with Gasteiger partial charge in [0.2, 0.25) is 0 Å². The van der Waals surface area contributed by atoms with E-state index in [4.69, 9.17) is 9.47 Å². The molecule has 0 fully saturated rings. The molecule has 1 rings (SSSR count). The lowest BCUT2D eigenvalue weighted by molar-refractivity contribution is -0.00124. The largest absolute Gasteiger partial charge is 0.379 e. The standard InChI is InChI=1S/C17H28BrNO2/c1-4-9-19-12-17(15-5-7-16(18)8-6-15)21-11-10-20-13-14(2)3/h5-8,14,17,19H,4,9-13H2,1-3H3. The minimum Gasteiger partial charge on any atom is -0.379 e. The van der Waals surface area contributed by atoms with Crippen LogP contribution in [0.3, 0.4) is 0 Å². The van der Waals surface area contributed by atoms with Gasteiger partial charge in [-0.1, -0.05) is 48.8 Å². The van der Waals surface area contributed by atoms with Crippen molar-refractivity contribution in [2.24, 2.45) is 5.92 Å². The number of benzene rings is 1. The van der Waals surface area contributed by atoms with E-state index in [1.165, 1.54) is 5.56 Å². The molecule has 1 unspecified atom stereocenters. The Bertz CT molecular complexity index is 368. The van der Waals surface area contributed by atoms with Crippen LogP contribution >= 0.6 is 15.9 Å². The van der Waals surface area contributed by atoms with Gasteiger partial charge in [0.05, 0.1) is 19.3 Å². The van der Waals surface area contributed by atoms with Crippen LogP contribution in [0.1, 0.15) is 38.9 Å². The normalized spacial score (nSPS) is 12.8. The molecule has 0 amide bonds. The predicted molar refractivity (Wildman–Crippen MR) is 91.7 cm³/mol. The number of hydrogen-bond acceptors (Lipinski definition) is 3. The zero-order valence-electron chi connectivity index (χ0n) is 13.4. The molecule has 0 aliphatic heterocycles. The van der Waals surface area contributed by atoms with Crippen molar-refractivity contribution in [1.82, 2.24) is 5.32 Å². The molecule has 120 valence electrons.